The van der Waals surface area contributed by atoms with E-state index in [1.54, 1.807) is 31.2 Å². The molecule has 0 saturated carbocycles. The Hall–Kier alpha value is -3.59. The van der Waals surface area contributed by atoms with Gasteiger partial charge in [0, 0.05) is 18.1 Å². The van der Waals surface area contributed by atoms with Gasteiger partial charge in [-0.15, -0.1) is 0 Å². The van der Waals surface area contributed by atoms with Crippen LogP contribution in [0.4, 0.5) is 0 Å². The zero-order chi connectivity index (χ0) is 18.5. The Kier molecular flexibility index (Phi) is 4.99. The first-order valence-electron chi connectivity index (χ1n) is 8.00. The van der Waals surface area contributed by atoms with E-state index >= 15 is 0 Å². The van der Waals surface area contributed by atoms with Crippen molar-refractivity contribution in [2.45, 2.75) is 13.0 Å². The number of oxazole rings is 1. The lowest BCUT2D eigenvalue weighted by Gasteiger charge is -2.14. The molecular formula is C20H17N3O3. The number of aryl methyl sites for hydroxylation is 1. The molecule has 0 aliphatic carbocycles. The van der Waals surface area contributed by atoms with Crippen LogP contribution in [0.15, 0.2) is 59.0 Å². The summed E-state index contributed by atoms with van der Waals surface area (Å²) in [5.74, 6) is 0.786. The van der Waals surface area contributed by atoms with Gasteiger partial charge in [0.25, 0.3) is 5.91 Å². The minimum absolute atomic E-state index is 0.142. The summed E-state index contributed by atoms with van der Waals surface area (Å²) in [5.41, 5.74) is 1.46. The van der Waals surface area contributed by atoms with E-state index in [9.17, 15) is 10.1 Å². The minimum atomic E-state index is -0.876. The lowest BCUT2D eigenvalue weighted by atomic mass is 10.1. The second kappa shape index (κ2) is 7.53. The van der Waals surface area contributed by atoms with Crippen molar-refractivity contribution in [2.75, 3.05) is 7.11 Å². The molecule has 0 aliphatic rings. The lowest BCUT2D eigenvalue weighted by Crippen LogP contribution is -2.28. The van der Waals surface area contributed by atoms with Crippen molar-refractivity contribution in [3.8, 4) is 23.1 Å². The Morgan fingerprint density at radius 1 is 1.19 bits per heavy atom. The van der Waals surface area contributed by atoms with Crippen molar-refractivity contribution in [3.63, 3.8) is 0 Å². The highest BCUT2D eigenvalue weighted by Gasteiger charge is 2.24. The predicted molar refractivity (Wildman–Crippen MR) is 95.5 cm³/mol. The molecule has 6 nitrogen and oxygen atoms in total. The molecule has 1 amide bonds. The van der Waals surface area contributed by atoms with Gasteiger partial charge in [0.1, 0.15) is 11.8 Å². The summed E-state index contributed by atoms with van der Waals surface area (Å²) in [5, 5.41) is 12.2. The molecule has 1 heterocycles. The number of carbonyl (C=O) groups excluding carboxylic acids is 1. The molecule has 3 aromatic rings. The summed E-state index contributed by atoms with van der Waals surface area (Å²) in [4.78, 5) is 17.0. The van der Waals surface area contributed by atoms with E-state index in [-0.39, 0.29) is 5.69 Å². The number of ether oxygens (including phenoxy) is 1. The number of nitrogens with one attached hydrogen (secondary N) is 1. The molecule has 3 rings (SSSR count). The van der Waals surface area contributed by atoms with Gasteiger partial charge in [-0.05, 0) is 6.07 Å². The number of aromatic nitrogens is 1. The van der Waals surface area contributed by atoms with Gasteiger partial charge in [0.05, 0.1) is 13.2 Å². The number of nitriles is 1. The molecule has 1 N–H and O–H groups in total. The van der Waals surface area contributed by atoms with Crippen LogP contribution >= 0.6 is 0 Å². The number of benzene rings is 2. The van der Waals surface area contributed by atoms with E-state index < -0.39 is 11.9 Å². The molecule has 130 valence electrons. The fourth-order valence-electron chi connectivity index (χ4n) is 2.65. The van der Waals surface area contributed by atoms with Crippen molar-refractivity contribution in [3.05, 3.63) is 71.7 Å². The van der Waals surface area contributed by atoms with Crippen LogP contribution in [0.2, 0.25) is 0 Å². The van der Waals surface area contributed by atoms with Crippen LogP contribution in [0.5, 0.6) is 5.75 Å². The Bertz CT molecular complexity index is 958. The van der Waals surface area contributed by atoms with E-state index in [0.717, 1.165) is 5.56 Å². The molecule has 1 unspecified atom stereocenters. The van der Waals surface area contributed by atoms with Gasteiger partial charge < -0.3 is 14.5 Å². The van der Waals surface area contributed by atoms with Crippen molar-refractivity contribution in [1.82, 2.24) is 10.3 Å². The number of hydrogen-bond donors (Lipinski definition) is 1. The maximum absolute atomic E-state index is 12.8. The average molecular weight is 347 g/mol. The summed E-state index contributed by atoms with van der Waals surface area (Å²) in [6.07, 6.45) is 0. The first kappa shape index (κ1) is 17.2. The molecule has 0 aliphatic heterocycles. The van der Waals surface area contributed by atoms with Crippen LogP contribution in [-0.2, 0) is 0 Å². The topological polar surface area (TPSA) is 88.1 Å². The number of amides is 1. The molecule has 2 aromatic carbocycles. The summed E-state index contributed by atoms with van der Waals surface area (Å²) in [7, 11) is 1.52. The molecule has 1 aromatic heterocycles. The largest absolute Gasteiger partial charge is 0.496 e. The highest BCUT2D eigenvalue weighted by atomic mass is 16.5. The maximum atomic E-state index is 12.8. The van der Waals surface area contributed by atoms with Gasteiger partial charge >= 0.3 is 0 Å². The Morgan fingerprint density at radius 2 is 1.88 bits per heavy atom. The molecule has 1 atom stereocenters. The molecule has 26 heavy (non-hydrogen) atoms. The first-order chi connectivity index (χ1) is 12.6. The van der Waals surface area contributed by atoms with Gasteiger partial charge in [0.15, 0.2) is 17.3 Å². The summed E-state index contributed by atoms with van der Waals surface area (Å²) in [6, 6.07) is 17.5. The van der Waals surface area contributed by atoms with Crippen LogP contribution < -0.4 is 10.1 Å². The summed E-state index contributed by atoms with van der Waals surface area (Å²) in [6.45, 7) is 1.67. The number of carbonyl (C=O) groups is 1. The Balaban J connectivity index is 1.92. The van der Waals surface area contributed by atoms with E-state index in [1.807, 2.05) is 30.3 Å². The van der Waals surface area contributed by atoms with Crippen molar-refractivity contribution >= 4 is 5.91 Å². The zero-order valence-corrected chi connectivity index (χ0v) is 14.4. The maximum Gasteiger partial charge on any atom is 0.275 e. The standard InChI is InChI=1S/C20H17N3O3/c1-13-22-18(19(26-13)14-8-4-3-5-9-14)20(24)23-16(12-21)15-10-6-7-11-17(15)25-2/h3-11,16H,1-2H3,(H,23,24). The third kappa shape index (κ3) is 3.42. The smallest absolute Gasteiger partial charge is 0.275 e. The monoisotopic (exact) mass is 347 g/mol. The minimum Gasteiger partial charge on any atom is -0.496 e. The van der Waals surface area contributed by atoms with Crippen molar-refractivity contribution < 1.29 is 13.9 Å². The highest BCUT2D eigenvalue weighted by Crippen LogP contribution is 2.27. The Labute approximate surface area is 151 Å². The third-order valence-electron chi connectivity index (χ3n) is 3.84. The predicted octanol–water partition coefficient (Wildman–Crippen LogP) is 3.65. The number of nitrogens with zero attached hydrogens (tertiary/aromatic N) is 2. The lowest BCUT2D eigenvalue weighted by molar-refractivity contribution is 0.0940. The second-order valence-electron chi connectivity index (χ2n) is 5.55. The average Bonchev–Trinajstić information content (AvgIpc) is 3.08. The van der Waals surface area contributed by atoms with Gasteiger partial charge in [-0.2, -0.15) is 5.26 Å². The van der Waals surface area contributed by atoms with Crippen LogP contribution in [0.25, 0.3) is 11.3 Å². The number of methoxy groups -OCH3 is 1. The van der Waals surface area contributed by atoms with Gasteiger partial charge in [-0.3, -0.25) is 4.79 Å². The highest BCUT2D eigenvalue weighted by molar-refractivity contribution is 5.98. The van der Waals surface area contributed by atoms with Gasteiger partial charge in [0.2, 0.25) is 0 Å². The number of hydrogen-bond acceptors (Lipinski definition) is 5. The number of rotatable bonds is 5. The molecule has 0 fully saturated rings. The normalized spacial score (nSPS) is 11.4. The fourth-order valence-corrected chi connectivity index (χ4v) is 2.65. The molecule has 0 spiro atoms. The molecule has 0 bridgehead atoms. The zero-order valence-electron chi connectivity index (χ0n) is 14.4. The van der Waals surface area contributed by atoms with Crippen molar-refractivity contribution in [1.29, 1.82) is 5.26 Å². The van der Waals surface area contributed by atoms with E-state index in [2.05, 4.69) is 16.4 Å². The van der Waals surface area contributed by atoms with Crippen LogP contribution in [0.3, 0.4) is 0 Å². The van der Waals surface area contributed by atoms with E-state index in [4.69, 9.17) is 9.15 Å². The van der Waals surface area contributed by atoms with Crippen LogP contribution in [0, 0.1) is 18.3 Å². The molecule has 0 saturated heterocycles. The Morgan fingerprint density at radius 3 is 2.58 bits per heavy atom. The SMILES string of the molecule is COc1ccccc1C(C#N)NC(=O)c1nc(C)oc1-c1ccccc1. The van der Waals surface area contributed by atoms with E-state index in [0.29, 0.717) is 23.0 Å². The second-order valence-corrected chi connectivity index (χ2v) is 5.55. The summed E-state index contributed by atoms with van der Waals surface area (Å²) >= 11 is 0. The van der Waals surface area contributed by atoms with Crippen LogP contribution in [-0.4, -0.2) is 18.0 Å². The van der Waals surface area contributed by atoms with Crippen molar-refractivity contribution in [2.24, 2.45) is 0 Å². The quantitative estimate of drug-likeness (QED) is 0.761. The summed E-state index contributed by atoms with van der Waals surface area (Å²) < 4.78 is 10.9. The molecule has 0 radical (unpaired) electrons. The van der Waals surface area contributed by atoms with Gasteiger partial charge in [-0.1, -0.05) is 48.5 Å². The molecule has 6 heteroatoms. The molecular weight excluding hydrogens is 330 g/mol. The van der Waals surface area contributed by atoms with Gasteiger partial charge in [-0.25, -0.2) is 4.98 Å². The fraction of sp³-hybridized carbons (Fsp3) is 0.150. The third-order valence-corrected chi connectivity index (χ3v) is 3.84. The first-order valence-corrected chi connectivity index (χ1v) is 8.00. The number of para-hydroxylation sites is 1. The van der Waals surface area contributed by atoms with E-state index in [1.165, 1.54) is 7.11 Å². The van der Waals surface area contributed by atoms with Crippen LogP contribution in [0.1, 0.15) is 28.0 Å².